The third kappa shape index (κ3) is 1.67. The summed E-state index contributed by atoms with van der Waals surface area (Å²) in [7, 11) is 0. The van der Waals surface area contributed by atoms with Crippen molar-refractivity contribution in [3.05, 3.63) is 50.4 Å². The molecule has 2 bridgehead atoms. The summed E-state index contributed by atoms with van der Waals surface area (Å²) in [5.74, 6) is 0.324. The summed E-state index contributed by atoms with van der Waals surface area (Å²) in [6.07, 6.45) is 2.48. The molecular formula is C17H16ClF2N3O. The summed E-state index contributed by atoms with van der Waals surface area (Å²) >= 11 is 6.11. The number of hydrogen-bond acceptors (Lipinski definition) is 2. The van der Waals surface area contributed by atoms with Gasteiger partial charge in [-0.15, -0.1) is 0 Å². The van der Waals surface area contributed by atoms with Crippen LogP contribution in [-0.4, -0.2) is 20.0 Å². The van der Waals surface area contributed by atoms with Gasteiger partial charge in [-0.25, -0.2) is 18.3 Å². The van der Waals surface area contributed by atoms with E-state index in [0.717, 1.165) is 0 Å². The number of nitrogens with zero attached hydrogens (tertiary/aromatic N) is 3. The van der Waals surface area contributed by atoms with E-state index in [1.54, 1.807) is 17.6 Å². The summed E-state index contributed by atoms with van der Waals surface area (Å²) < 4.78 is 30.9. The van der Waals surface area contributed by atoms with Crippen molar-refractivity contribution in [1.29, 1.82) is 0 Å². The van der Waals surface area contributed by atoms with E-state index in [4.69, 9.17) is 11.6 Å². The summed E-state index contributed by atoms with van der Waals surface area (Å²) in [6, 6.07) is 2.91. The molecule has 2 aromatic rings. The van der Waals surface area contributed by atoms with Gasteiger partial charge in [-0.2, -0.15) is 5.10 Å². The number of alkyl halides is 1. The van der Waals surface area contributed by atoms with Crippen molar-refractivity contribution in [2.45, 2.75) is 56.3 Å². The molecule has 2 heterocycles. The molecule has 4 nitrogen and oxygen atoms in total. The third-order valence-electron chi connectivity index (χ3n) is 5.91. The molecule has 24 heavy (non-hydrogen) atoms. The Hall–Kier alpha value is -1.69. The molecule has 7 heteroatoms. The topological polar surface area (TPSA) is 39.8 Å². The highest BCUT2D eigenvalue weighted by molar-refractivity contribution is 6.31. The van der Waals surface area contributed by atoms with Gasteiger partial charge in [-0.05, 0) is 31.0 Å². The Bertz CT molecular complexity index is 905. The number of aromatic nitrogens is 3. The maximum atomic E-state index is 14.0. The molecule has 0 spiro atoms. The normalized spacial score (nSPS) is 33.1. The van der Waals surface area contributed by atoms with Gasteiger partial charge in [0, 0.05) is 36.3 Å². The Kier molecular flexibility index (Phi) is 2.61. The first kappa shape index (κ1) is 14.6. The zero-order valence-electron chi connectivity index (χ0n) is 13.2. The minimum absolute atomic E-state index is 0.216. The zero-order valence-corrected chi connectivity index (χ0v) is 13.9. The molecular weight excluding hydrogens is 336 g/mol. The largest absolute Gasteiger partial charge is 0.347 e. The van der Waals surface area contributed by atoms with Crippen molar-refractivity contribution < 1.29 is 8.78 Å². The van der Waals surface area contributed by atoms with Crippen LogP contribution in [0.1, 0.15) is 48.7 Å². The maximum Gasteiger partial charge on any atom is 0.347 e. The molecule has 3 fully saturated rings. The third-order valence-corrected chi connectivity index (χ3v) is 6.30. The Morgan fingerprint density at radius 3 is 2.67 bits per heavy atom. The van der Waals surface area contributed by atoms with Crippen LogP contribution in [0.5, 0.6) is 0 Å². The van der Waals surface area contributed by atoms with Crippen LogP contribution in [0.2, 0.25) is 5.02 Å². The van der Waals surface area contributed by atoms with E-state index in [1.807, 2.05) is 0 Å². The fourth-order valence-electron chi connectivity index (χ4n) is 4.62. The Morgan fingerprint density at radius 2 is 2.04 bits per heavy atom. The predicted octanol–water partition coefficient (Wildman–Crippen LogP) is 3.28. The molecule has 0 unspecified atom stereocenters. The SMILES string of the molecule is Cc1c(F)cc([C@@H]2CCc3nn(C45CC(F)(C4)C5)c(=O)n32)cc1Cl. The molecule has 3 aliphatic carbocycles. The van der Waals surface area contributed by atoms with Gasteiger partial charge < -0.3 is 0 Å². The second-order valence-corrected chi connectivity index (χ2v) is 7.96. The average molecular weight is 352 g/mol. The standard InChI is InChI=1S/C17H16ClF2N3O/c1-9-11(18)4-10(5-12(9)19)13-2-3-14-21-23(15(24)22(13)14)17-6-16(20,7-17)8-17/h4-5,13H,2-3,6-8H2,1H3/t13-,16?,17?/m0/s1. The van der Waals surface area contributed by atoms with Crippen LogP contribution >= 0.6 is 11.6 Å². The first-order valence-corrected chi connectivity index (χ1v) is 8.55. The zero-order chi connectivity index (χ0) is 16.9. The van der Waals surface area contributed by atoms with Crippen molar-refractivity contribution in [2.24, 2.45) is 0 Å². The second kappa shape index (κ2) is 4.28. The van der Waals surface area contributed by atoms with E-state index in [0.29, 0.717) is 54.1 Å². The van der Waals surface area contributed by atoms with Crippen molar-refractivity contribution in [1.82, 2.24) is 14.3 Å². The lowest BCUT2D eigenvalue weighted by Crippen LogP contribution is -2.72. The minimum atomic E-state index is -1.08. The molecule has 0 N–H and O–H groups in total. The molecule has 0 amide bonds. The second-order valence-electron chi connectivity index (χ2n) is 7.55. The molecule has 4 aliphatic rings. The Morgan fingerprint density at radius 1 is 1.33 bits per heavy atom. The quantitative estimate of drug-likeness (QED) is 0.833. The Labute approximate surface area is 142 Å². The van der Waals surface area contributed by atoms with Crippen LogP contribution in [0.4, 0.5) is 8.78 Å². The molecule has 1 atom stereocenters. The molecule has 1 aliphatic heterocycles. The van der Waals surface area contributed by atoms with Gasteiger partial charge in [0.05, 0.1) is 11.6 Å². The predicted molar refractivity (Wildman–Crippen MR) is 84.8 cm³/mol. The number of aryl methyl sites for hydroxylation is 1. The fourth-order valence-corrected chi connectivity index (χ4v) is 4.83. The Balaban J connectivity index is 1.58. The first-order chi connectivity index (χ1) is 11.3. The number of hydrogen-bond donors (Lipinski definition) is 0. The van der Waals surface area contributed by atoms with E-state index in [9.17, 15) is 13.6 Å². The average Bonchev–Trinajstić information content (AvgIpc) is 3.01. The van der Waals surface area contributed by atoms with Crippen molar-refractivity contribution in [2.75, 3.05) is 0 Å². The smallest absolute Gasteiger partial charge is 0.271 e. The van der Waals surface area contributed by atoms with E-state index < -0.39 is 11.2 Å². The van der Waals surface area contributed by atoms with Crippen LogP contribution in [0, 0.1) is 12.7 Å². The van der Waals surface area contributed by atoms with Crippen LogP contribution in [0.15, 0.2) is 16.9 Å². The van der Waals surface area contributed by atoms with Gasteiger partial charge in [0.25, 0.3) is 0 Å². The highest BCUT2D eigenvalue weighted by atomic mass is 35.5. The van der Waals surface area contributed by atoms with Crippen LogP contribution in [-0.2, 0) is 12.0 Å². The van der Waals surface area contributed by atoms with Crippen molar-refractivity contribution in [3.63, 3.8) is 0 Å². The maximum absolute atomic E-state index is 14.0. The summed E-state index contributed by atoms with van der Waals surface area (Å²) in [5, 5.41) is 4.82. The van der Waals surface area contributed by atoms with Gasteiger partial charge in [-0.3, -0.25) is 4.57 Å². The van der Waals surface area contributed by atoms with E-state index >= 15 is 0 Å². The molecule has 0 radical (unpaired) electrons. The summed E-state index contributed by atoms with van der Waals surface area (Å²) in [6.45, 7) is 1.63. The van der Waals surface area contributed by atoms with E-state index in [-0.39, 0.29) is 17.5 Å². The van der Waals surface area contributed by atoms with Crippen molar-refractivity contribution >= 4 is 11.6 Å². The molecule has 126 valence electrons. The summed E-state index contributed by atoms with van der Waals surface area (Å²) in [5.41, 5.74) is -0.636. The van der Waals surface area contributed by atoms with Crippen LogP contribution < -0.4 is 5.69 Å². The highest BCUT2D eigenvalue weighted by Gasteiger charge is 2.71. The van der Waals surface area contributed by atoms with Gasteiger partial charge in [0.2, 0.25) is 0 Å². The first-order valence-electron chi connectivity index (χ1n) is 8.17. The van der Waals surface area contributed by atoms with E-state index in [1.165, 1.54) is 10.7 Å². The lowest BCUT2D eigenvalue weighted by Gasteiger charge is -2.64. The van der Waals surface area contributed by atoms with Gasteiger partial charge in [0.1, 0.15) is 17.3 Å². The number of rotatable bonds is 2. The van der Waals surface area contributed by atoms with Crippen LogP contribution in [0.3, 0.4) is 0 Å². The van der Waals surface area contributed by atoms with E-state index in [2.05, 4.69) is 5.10 Å². The molecule has 3 saturated carbocycles. The van der Waals surface area contributed by atoms with Gasteiger partial charge in [-0.1, -0.05) is 11.6 Å². The summed E-state index contributed by atoms with van der Waals surface area (Å²) in [4.78, 5) is 12.9. The number of benzene rings is 1. The lowest BCUT2D eigenvalue weighted by molar-refractivity contribution is -0.205. The fraction of sp³-hybridized carbons (Fsp3) is 0.529. The molecule has 6 rings (SSSR count). The van der Waals surface area contributed by atoms with Gasteiger partial charge in [0.15, 0.2) is 0 Å². The molecule has 0 saturated heterocycles. The molecule has 1 aromatic heterocycles. The van der Waals surface area contributed by atoms with Gasteiger partial charge >= 0.3 is 5.69 Å². The number of fused-ring (bicyclic) bond motifs is 1. The lowest BCUT2D eigenvalue weighted by atomic mass is 9.47. The monoisotopic (exact) mass is 351 g/mol. The molecule has 1 aromatic carbocycles. The van der Waals surface area contributed by atoms with Crippen molar-refractivity contribution in [3.8, 4) is 0 Å². The number of halogens is 3. The van der Waals surface area contributed by atoms with Crippen LogP contribution in [0.25, 0.3) is 0 Å². The highest BCUT2D eigenvalue weighted by Crippen LogP contribution is 2.66. The minimum Gasteiger partial charge on any atom is -0.271 e.